The highest BCUT2D eigenvalue weighted by molar-refractivity contribution is 5.74. The van der Waals surface area contributed by atoms with Gasteiger partial charge in [-0.15, -0.1) is 0 Å². The van der Waals surface area contributed by atoms with E-state index in [1.807, 2.05) is 37.3 Å². The molecule has 0 saturated carbocycles. The average molecular weight is 292 g/mol. The number of hydrogen-bond acceptors (Lipinski definition) is 2. The van der Waals surface area contributed by atoms with E-state index in [0.717, 1.165) is 5.56 Å². The van der Waals surface area contributed by atoms with Crippen molar-refractivity contribution in [2.45, 2.75) is 40.2 Å². The molecule has 4 heteroatoms. The van der Waals surface area contributed by atoms with E-state index in [0.29, 0.717) is 13.0 Å². The number of nitrogens with one attached hydrogen (secondary N) is 2. The number of urea groups is 1. The quantitative estimate of drug-likeness (QED) is 0.754. The van der Waals surface area contributed by atoms with Crippen molar-refractivity contribution < 1.29 is 9.90 Å². The third-order valence-electron chi connectivity index (χ3n) is 3.51. The van der Waals surface area contributed by atoms with Crippen molar-refractivity contribution in [2.24, 2.45) is 11.3 Å². The fourth-order valence-corrected chi connectivity index (χ4v) is 2.22. The van der Waals surface area contributed by atoms with E-state index < -0.39 is 0 Å². The summed E-state index contributed by atoms with van der Waals surface area (Å²) in [6.07, 6.45) is 0.696. The summed E-state index contributed by atoms with van der Waals surface area (Å²) in [6.45, 7) is 9.06. The van der Waals surface area contributed by atoms with Gasteiger partial charge in [-0.05, 0) is 23.3 Å². The van der Waals surface area contributed by atoms with Gasteiger partial charge in [0.05, 0.1) is 6.04 Å². The number of hydrogen-bond donors (Lipinski definition) is 3. The first-order valence-electron chi connectivity index (χ1n) is 7.54. The van der Waals surface area contributed by atoms with Crippen LogP contribution in [0.15, 0.2) is 30.3 Å². The molecule has 2 unspecified atom stereocenters. The van der Waals surface area contributed by atoms with E-state index in [1.54, 1.807) is 0 Å². The van der Waals surface area contributed by atoms with Crippen LogP contribution in [0, 0.1) is 11.3 Å². The zero-order valence-corrected chi connectivity index (χ0v) is 13.5. The van der Waals surface area contributed by atoms with Gasteiger partial charge < -0.3 is 15.7 Å². The van der Waals surface area contributed by atoms with Gasteiger partial charge in [0.15, 0.2) is 0 Å². The van der Waals surface area contributed by atoms with Crippen LogP contribution in [0.3, 0.4) is 0 Å². The summed E-state index contributed by atoms with van der Waals surface area (Å²) in [5.74, 6) is 0.269. The van der Waals surface area contributed by atoms with Gasteiger partial charge in [-0.25, -0.2) is 4.79 Å². The largest absolute Gasteiger partial charge is 0.396 e. The molecule has 0 heterocycles. The van der Waals surface area contributed by atoms with E-state index >= 15 is 0 Å². The van der Waals surface area contributed by atoms with Gasteiger partial charge in [0.2, 0.25) is 0 Å². The molecule has 0 aliphatic heterocycles. The maximum Gasteiger partial charge on any atom is 0.315 e. The lowest BCUT2D eigenvalue weighted by Gasteiger charge is -2.32. The first kappa shape index (κ1) is 17.5. The molecule has 0 aromatic heterocycles. The van der Waals surface area contributed by atoms with Crippen LogP contribution in [-0.4, -0.2) is 24.3 Å². The minimum absolute atomic E-state index is 0.0492. The Hall–Kier alpha value is -1.55. The van der Waals surface area contributed by atoms with Crippen LogP contribution >= 0.6 is 0 Å². The molecule has 0 bridgehead atoms. The summed E-state index contributed by atoms with van der Waals surface area (Å²) in [5.41, 5.74) is 1.03. The fraction of sp³-hybridized carbons (Fsp3) is 0.588. The highest BCUT2D eigenvalue weighted by Gasteiger charge is 2.27. The molecule has 21 heavy (non-hydrogen) atoms. The van der Waals surface area contributed by atoms with Crippen LogP contribution in [0.2, 0.25) is 0 Å². The number of rotatable bonds is 6. The van der Waals surface area contributed by atoms with Crippen LogP contribution in [-0.2, 0) is 0 Å². The minimum atomic E-state index is -0.163. The number of carbonyl (C=O) groups excluding carboxylic acids is 1. The molecular weight excluding hydrogens is 264 g/mol. The van der Waals surface area contributed by atoms with Gasteiger partial charge in [0.25, 0.3) is 0 Å². The van der Waals surface area contributed by atoms with Crippen LogP contribution < -0.4 is 10.6 Å². The Morgan fingerprint density at radius 2 is 1.86 bits per heavy atom. The summed E-state index contributed by atoms with van der Waals surface area (Å²) >= 11 is 0. The van der Waals surface area contributed by atoms with Gasteiger partial charge >= 0.3 is 6.03 Å². The zero-order chi connectivity index (χ0) is 15.9. The number of carbonyl (C=O) groups is 1. The minimum Gasteiger partial charge on any atom is -0.396 e. The molecule has 0 fully saturated rings. The number of amides is 2. The number of benzene rings is 1. The summed E-state index contributed by atoms with van der Waals surface area (Å²) in [4.78, 5) is 12.1. The zero-order valence-electron chi connectivity index (χ0n) is 13.5. The smallest absolute Gasteiger partial charge is 0.315 e. The van der Waals surface area contributed by atoms with E-state index in [2.05, 4.69) is 31.4 Å². The number of aliphatic hydroxyl groups excluding tert-OH is 1. The highest BCUT2D eigenvalue weighted by Crippen LogP contribution is 2.32. The van der Waals surface area contributed by atoms with Gasteiger partial charge in [-0.1, -0.05) is 58.0 Å². The Balaban J connectivity index is 2.64. The second kappa shape index (κ2) is 8.03. The highest BCUT2D eigenvalue weighted by atomic mass is 16.3. The van der Waals surface area contributed by atoms with Crippen molar-refractivity contribution >= 4 is 6.03 Å². The van der Waals surface area contributed by atoms with E-state index in [-0.39, 0.29) is 30.0 Å². The molecule has 2 amide bonds. The Morgan fingerprint density at radius 3 is 2.38 bits per heavy atom. The van der Waals surface area contributed by atoms with E-state index in [9.17, 15) is 4.79 Å². The van der Waals surface area contributed by atoms with E-state index in [4.69, 9.17) is 5.11 Å². The van der Waals surface area contributed by atoms with E-state index in [1.165, 1.54) is 0 Å². The summed E-state index contributed by atoms with van der Waals surface area (Å²) in [7, 11) is 0. The first-order chi connectivity index (χ1) is 9.84. The maximum atomic E-state index is 12.1. The monoisotopic (exact) mass is 292 g/mol. The topological polar surface area (TPSA) is 61.4 Å². The molecule has 3 N–H and O–H groups in total. The maximum absolute atomic E-state index is 12.1. The predicted molar refractivity (Wildman–Crippen MR) is 86.0 cm³/mol. The van der Waals surface area contributed by atoms with Crippen molar-refractivity contribution in [3.8, 4) is 0 Å². The molecule has 0 aliphatic rings. The second-order valence-electron chi connectivity index (χ2n) is 6.68. The van der Waals surface area contributed by atoms with Crippen molar-refractivity contribution in [1.29, 1.82) is 0 Å². The summed E-state index contributed by atoms with van der Waals surface area (Å²) in [6, 6.07) is 9.79. The van der Waals surface area contributed by atoms with Crippen LogP contribution in [0.4, 0.5) is 4.79 Å². The molecular formula is C17H28N2O2. The summed E-state index contributed by atoms with van der Waals surface area (Å²) in [5, 5.41) is 14.8. The summed E-state index contributed by atoms with van der Waals surface area (Å²) < 4.78 is 0. The Bertz CT molecular complexity index is 426. The number of aliphatic hydroxyl groups is 1. The normalized spacial score (nSPS) is 14.3. The molecule has 1 aromatic rings. The Labute approximate surface area is 128 Å². The molecule has 2 atom stereocenters. The third kappa shape index (κ3) is 6.17. The fourth-order valence-electron chi connectivity index (χ4n) is 2.22. The van der Waals surface area contributed by atoms with Gasteiger partial charge in [-0.3, -0.25) is 0 Å². The molecule has 0 saturated heterocycles. The van der Waals surface area contributed by atoms with Crippen molar-refractivity contribution in [3.63, 3.8) is 0 Å². The van der Waals surface area contributed by atoms with Crippen molar-refractivity contribution in [1.82, 2.24) is 10.6 Å². The lowest BCUT2D eigenvalue weighted by molar-refractivity contribution is 0.214. The second-order valence-corrected chi connectivity index (χ2v) is 6.68. The van der Waals surface area contributed by atoms with Crippen LogP contribution in [0.5, 0.6) is 0 Å². The molecule has 1 aromatic carbocycles. The van der Waals surface area contributed by atoms with Crippen LogP contribution in [0.25, 0.3) is 0 Å². The molecule has 0 spiro atoms. The lowest BCUT2D eigenvalue weighted by Crippen LogP contribution is -2.43. The molecule has 0 radical (unpaired) electrons. The van der Waals surface area contributed by atoms with Gasteiger partial charge in [-0.2, -0.15) is 0 Å². The Morgan fingerprint density at radius 1 is 1.24 bits per heavy atom. The first-order valence-corrected chi connectivity index (χ1v) is 7.54. The SMILES string of the molecule is CC(CCO)CNC(=O)NC(c1ccccc1)C(C)(C)C. The molecule has 118 valence electrons. The third-order valence-corrected chi connectivity index (χ3v) is 3.51. The van der Waals surface area contributed by atoms with Crippen molar-refractivity contribution in [3.05, 3.63) is 35.9 Å². The Kier molecular flexibility index (Phi) is 6.69. The average Bonchev–Trinajstić information content (AvgIpc) is 2.42. The van der Waals surface area contributed by atoms with Crippen LogP contribution in [0.1, 0.15) is 45.7 Å². The molecule has 0 aliphatic carbocycles. The van der Waals surface area contributed by atoms with Gasteiger partial charge in [0, 0.05) is 13.2 Å². The van der Waals surface area contributed by atoms with Gasteiger partial charge in [0.1, 0.15) is 0 Å². The predicted octanol–water partition coefficient (Wildman–Crippen LogP) is 3.09. The van der Waals surface area contributed by atoms with Crippen molar-refractivity contribution in [2.75, 3.05) is 13.2 Å². The molecule has 1 rings (SSSR count). The molecule has 4 nitrogen and oxygen atoms in total. The lowest BCUT2D eigenvalue weighted by atomic mass is 9.82. The standard InChI is InChI=1S/C17H28N2O2/c1-13(10-11-20)12-18-16(21)19-15(17(2,3)4)14-8-6-5-7-9-14/h5-9,13,15,20H,10-12H2,1-4H3,(H2,18,19,21).